The molecule has 0 amide bonds. The molecule has 0 aliphatic carbocycles. The highest BCUT2D eigenvalue weighted by molar-refractivity contribution is 5.66. The number of aryl methyl sites for hydroxylation is 1. The average Bonchev–Trinajstić information content (AvgIpc) is 2.91. The summed E-state index contributed by atoms with van der Waals surface area (Å²) in [4.78, 5) is 0. The molecule has 94 valence electrons. The van der Waals surface area contributed by atoms with Gasteiger partial charge in [-0.05, 0) is 48.7 Å². The Bertz CT molecular complexity index is 745. The van der Waals surface area contributed by atoms with Crippen LogP contribution in [0.2, 0.25) is 0 Å². The molecular formula is C15H14N4. The number of nitrogens with zero attached hydrogens (tertiary/aromatic N) is 3. The van der Waals surface area contributed by atoms with E-state index in [1.807, 2.05) is 28.8 Å². The highest BCUT2D eigenvalue weighted by atomic mass is 15.2. The maximum Gasteiger partial charge on any atom is 0.168 e. The lowest BCUT2D eigenvalue weighted by molar-refractivity contribution is 0.830. The van der Waals surface area contributed by atoms with Gasteiger partial charge in [0.1, 0.15) is 0 Å². The summed E-state index contributed by atoms with van der Waals surface area (Å²) < 4.78 is 2.03. The first-order chi connectivity index (χ1) is 9.42. The van der Waals surface area contributed by atoms with E-state index < -0.39 is 0 Å². The predicted octanol–water partition coefficient (Wildman–Crippen LogP) is 2.75. The van der Waals surface area contributed by atoms with Crippen LogP contribution in [0.4, 0.5) is 5.69 Å². The van der Waals surface area contributed by atoms with Gasteiger partial charge in [-0.15, -0.1) is 10.2 Å². The Kier molecular flexibility index (Phi) is 2.27. The van der Waals surface area contributed by atoms with Crippen molar-refractivity contribution < 1.29 is 0 Å². The Balaban J connectivity index is 1.88. The fraction of sp³-hybridized carbons (Fsp3) is 0.200. The van der Waals surface area contributed by atoms with E-state index in [4.69, 9.17) is 0 Å². The van der Waals surface area contributed by atoms with Crippen molar-refractivity contribution in [2.24, 2.45) is 0 Å². The van der Waals surface area contributed by atoms with Crippen molar-refractivity contribution >= 4 is 11.3 Å². The zero-order chi connectivity index (χ0) is 12.7. The average molecular weight is 250 g/mol. The molecule has 19 heavy (non-hydrogen) atoms. The third-order valence-corrected chi connectivity index (χ3v) is 3.62. The molecule has 0 saturated carbocycles. The van der Waals surface area contributed by atoms with Crippen molar-refractivity contribution in [2.75, 3.05) is 11.9 Å². The number of hydrogen-bond acceptors (Lipinski definition) is 3. The summed E-state index contributed by atoms with van der Waals surface area (Å²) in [5.74, 6) is 0.906. The van der Waals surface area contributed by atoms with Gasteiger partial charge in [0.2, 0.25) is 0 Å². The van der Waals surface area contributed by atoms with E-state index in [0.717, 1.165) is 30.0 Å². The summed E-state index contributed by atoms with van der Waals surface area (Å²) in [6.45, 7) is 1.07. The van der Waals surface area contributed by atoms with Crippen LogP contribution in [0.3, 0.4) is 0 Å². The van der Waals surface area contributed by atoms with Crippen LogP contribution in [-0.4, -0.2) is 21.1 Å². The third kappa shape index (κ3) is 1.68. The Morgan fingerprint density at radius 1 is 1.11 bits per heavy atom. The Hall–Kier alpha value is -2.36. The molecule has 0 spiro atoms. The zero-order valence-electron chi connectivity index (χ0n) is 10.5. The van der Waals surface area contributed by atoms with Crippen molar-refractivity contribution in [3.05, 3.63) is 48.2 Å². The summed E-state index contributed by atoms with van der Waals surface area (Å²) in [6, 6.07) is 12.4. The number of aromatic nitrogens is 3. The van der Waals surface area contributed by atoms with Gasteiger partial charge in [0, 0.05) is 24.0 Å². The topological polar surface area (TPSA) is 42.2 Å². The number of hydrogen-bond donors (Lipinski definition) is 1. The lowest BCUT2D eigenvalue weighted by atomic mass is 10.0. The molecule has 0 atom stereocenters. The number of anilines is 1. The summed E-state index contributed by atoms with van der Waals surface area (Å²) in [7, 11) is 0. The number of rotatable bonds is 1. The molecule has 1 N–H and O–H groups in total. The molecule has 4 nitrogen and oxygen atoms in total. The molecule has 4 rings (SSSR count). The largest absolute Gasteiger partial charge is 0.385 e. The molecular weight excluding hydrogens is 236 g/mol. The van der Waals surface area contributed by atoms with Gasteiger partial charge in [0.15, 0.2) is 11.5 Å². The Morgan fingerprint density at radius 2 is 2.11 bits per heavy atom. The van der Waals surface area contributed by atoms with Crippen LogP contribution in [0.15, 0.2) is 42.6 Å². The molecule has 0 fully saturated rings. The van der Waals surface area contributed by atoms with E-state index in [9.17, 15) is 0 Å². The van der Waals surface area contributed by atoms with Crippen LogP contribution in [0.1, 0.15) is 12.0 Å². The first-order valence-electron chi connectivity index (χ1n) is 6.59. The monoisotopic (exact) mass is 250 g/mol. The minimum absolute atomic E-state index is 0.883. The maximum absolute atomic E-state index is 4.31. The summed E-state index contributed by atoms with van der Waals surface area (Å²) in [6.07, 6.45) is 4.33. The van der Waals surface area contributed by atoms with E-state index in [0.29, 0.717) is 0 Å². The minimum atomic E-state index is 0.883. The van der Waals surface area contributed by atoms with Gasteiger partial charge in [-0.2, -0.15) is 0 Å². The molecule has 3 aromatic rings. The SMILES string of the molecule is c1ccn2c(-c3ccc4c(c3)CCCN4)nnc2c1. The summed E-state index contributed by atoms with van der Waals surface area (Å²) >= 11 is 0. The van der Waals surface area contributed by atoms with Crippen molar-refractivity contribution in [3.63, 3.8) is 0 Å². The molecule has 1 aliphatic rings. The lowest BCUT2D eigenvalue weighted by Crippen LogP contribution is -2.11. The zero-order valence-corrected chi connectivity index (χ0v) is 10.5. The van der Waals surface area contributed by atoms with E-state index >= 15 is 0 Å². The second-order valence-electron chi connectivity index (χ2n) is 4.85. The second-order valence-corrected chi connectivity index (χ2v) is 4.85. The standard InChI is InChI=1S/C15H14N4/c1-2-9-19-14(5-1)17-18-15(19)12-6-7-13-11(10-12)4-3-8-16-13/h1-2,5-7,9-10,16H,3-4,8H2. The highest BCUT2D eigenvalue weighted by Crippen LogP contribution is 2.27. The predicted molar refractivity (Wildman–Crippen MR) is 75.2 cm³/mol. The molecule has 4 heteroatoms. The molecule has 1 aliphatic heterocycles. The van der Waals surface area contributed by atoms with Gasteiger partial charge in [-0.3, -0.25) is 4.40 Å². The first-order valence-corrected chi connectivity index (χ1v) is 6.59. The minimum Gasteiger partial charge on any atom is -0.385 e. The van der Waals surface area contributed by atoms with Gasteiger partial charge < -0.3 is 5.32 Å². The molecule has 1 aromatic carbocycles. The van der Waals surface area contributed by atoms with Crippen molar-refractivity contribution in [3.8, 4) is 11.4 Å². The maximum atomic E-state index is 4.31. The fourth-order valence-corrected chi connectivity index (χ4v) is 2.65. The molecule has 0 radical (unpaired) electrons. The van der Waals surface area contributed by atoms with Crippen LogP contribution in [0.5, 0.6) is 0 Å². The Labute approximate surface area is 111 Å². The van der Waals surface area contributed by atoms with Crippen molar-refractivity contribution in [1.29, 1.82) is 0 Å². The quantitative estimate of drug-likeness (QED) is 0.722. The van der Waals surface area contributed by atoms with E-state index in [-0.39, 0.29) is 0 Å². The van der Waals surface area contributed by atoms with Crippen LogP contribution in [0.25, 0.3) is 17.0 Å². The molecule has 2 aromatic heterocycles. The van der Waals surface area contributed by atoms with Crippen LogP contribution in [0, 0.1) is 0 Å². The van der Waals surface area contributed by atoms with E-state index in [1.54, 1.807) is 0 Å². The van der Waals surface area contributed by atoms with Crippen LogP contribution < -0.4 is 5.32 Å². The number of benzene rings is 1. The summed E-state index contributed by atoms with van der Waals surface area (Å²) in [5, 5.41) is 11.9. The molecule has 0 unspecified atom stereocenters. The van der Waals surface area contributed by atoms with Gasteiger partial charge in [0.25, 0.3) is 0 Å². The third-order valence-electron chi connectivity index (χ3n) is 3.62. The van der Waals surface area contributed by atoms with E-state index in [1.165, 1.54) is 17.7 Å². The van der Waals surface area contributed by atoms with Crippen molar-refractivity contribution in [2.45, 2.75) is 12.8 Å². The fourth-order valence-electron chi connectivity index (χ4n) is 2.65. The highest BCUT2D eigenvalue weighted by Gasteiger charge is 2.12. The number of pyridine rings is 1. The Morgan fingerprint density at radius 3 is 3.11 bits per heavy atom. The molecule has 0 bridgehead atoms. The molecule has 3 heterocycles. The van der Waals surface area contributed by atoms with E-state index in [2.05, 4.69) is 33.7 Å². The van der Waals surface area contributed by atoms with Gasteiger partial charge in [0.05, 0.1) is 0 Å². The van der Waals surface area contributed by atoms with Gasteiger partial charge in [-0.1, -0.05) is 6.07 Å². The van der Waals surface area contributed by atoms with Crippen LogP contribution >= 0.6 is 0 Å². The van der Waals surface area contributed by atoms with Crippen molar-refractivity contribution in [1.82, 2.24) is 14.6 Å². The smallest absolute Gasteiger partial charge is 0.168 e. The van der Waals surface area contributed by atoms with Gasteiger partial charge >= 0.3 is 0 Å². The number of nitrogens with one attached hydrogen (secondary N) is 1. The molecule has 0 saturated heterocycles. The normalized spacial score (nSPS) is 14.1. The van der Waals surface area contributed by atoms with Crippen LogP contribution in [-0.2, 0) is 6.42 Å². The summed E-state index contributed by atoms with van der Waals surface area (Å²) in [5.41, 5.74) is 4.63. The second kappa shape index (κ2) is 4.09. The number of fused-ring (bicyclic) bond motifs is 2. The lowest BCUT2D eigenvalue weighted by Gasteiger charge is -2.18. The first kappa shape index (κ1) is 10.6. The van der Waals surface area contributed by atoms with Gasteiger partial charge in [-0.25, -0.2) is 0 Å².